The Hall–Kier alpha value is -3.09. The number of aromatic nitrogens is 2. The molecule has 124 valence electrons. The maximum atomic E-state index is 12.8. The van der Waals surface area contributed by atoms with E-state index in [1.807, 2.05) is 18.2 Å². The molecule has 3 N–H and O–H groups in total. The zero-order chi connectivity index (χ0) is 16.9. The van der Waals surface area contributed by atoms with Crippen molar-refractivity contribution in [3.8, 4) is 5.75 Å². The first-order chi connectivity index (χ1) is 11.6. The van der Waals surface area contributed by atoms with E-state index in [4.69, 9.17) is 4.74 Å². The summed E-state index contributed by atoms with van der Waals surface area (Å²) in [5.74, 6) is -0.170. The van der Waals surface area contributed by atoms with E-state index in [1.165, 1.54) is 24.3 Å². The summed E-state index contributed by atoms with van der Waals surface area (Å²) < 4.78 is 18.0. The Morgan fingerprint density at radius 3 is 2.62 bits per heavy atom. The highest BCUT2D eigenvalue weighted by Gasteiger charge is 2.04. The Kier molecular flexibility index (Phi) is 4.60. The van der Waals surface area contributed by atoms with Crippen LogP contribution < -0.4 is 15.7 Å². The average Bonchev–Trinajstić information content (AvgIpc) is 2.93. The van der Waals surface area contributed by atoms with E-state index in [9.17, 15) is 14.0 Å². The van der Waals surface area contributed by atoms with Crippen molar-refractivity contribution in [2.24, 2.45) is 0 Å². The van der Waals surface area contributed by atoms with Gasteiger partial charge in [-0.2, -0.15) is 0 Å². The monoisotopic (exact) mass is 329 g/mol. The van der Waals surface area contributed by atoms with Crippen molar-refractivity contribution in [3.63, 3.8) is 0 Å². The van der Waals surface area contributed by atoms with E-state index in [1.54, 1.807) is 0 Å². The Morgan fingerprint density at radius 1 is 1.08 bits per heavy atom. The standard InChI is InChI=1S/C17H16FN3O3/c18-12-2-4-13(5-3-12)24-10-16(22)19-8-7-11-1-6-14-15(9-11)21-17(23)20-14/h1-6,9H,7-8,10H2,(H,19,22)(H2,20,21,23). The molecule has 0 aliphatic rings. The van der Waals surface area contributed by atoms with Crippen LogP contribution in [-0.4, -0.2) is 29.0 Å². The molecule has 0 aliphatic carbocycles. The van der Waals surface area contributed by atoms with Crippen molar-refractivity contribution in [1.82, 2.24) is 15.3 Å². The maximum absolute atomic E-state index is 12.8. The van der Waals surface area contributed by atoms with E-state index in [2.05, 4.69) is 15.3 Å². The second-order valence-electron chi connectivity index (χ2n) is 5.30. The van der Waals surface area contributed by atoms with Crippen LogP contribution in [-0.2, 0) is 11.2 Å². The topological polar surface area (TPSA) is 87.0 Å². The first-order valence-electron chi connectivity index (χ1n) is 7.46. The molecule has 1 heterocycles. The molecule has 0 unspecified atom stereocenters. The SMILES string of the molecule is O=C(COc1ccc(F)cc1)NCCc1ccc2[nH]c(=O)[nH]c2c1. The smallest absolute Gasteiger partial charge is 0.323 e. The number of hydrogen-bond donors (Lipinski definition) is 3. The van der Waals surface area contributed by atoms with E-state index in [-0.39, 0.29) is 24.0 Å². The number of carbonyl (C=O) groups is 1. The minimum absolute atomic E-state index is 0.129. The summed E-state index contributed by atoms with van der Waals surface area (Å²) in [5.41, 5.74) is 2.25. The molecule has 0 saturated heterocycles. The molecule has 6 nitrogen and oxygen atoms in total. The van der Waals surface area contributed by atoms with Crippen LogP contribution in [0.2, 0.25) is 0 Å². The number of benzene rings is 2. The lowest BCUT2D eigenvalue weighted by molar-refractivity contribution is -0.123. The van der Waals surface area contributed by atoms with Crippen molar-refractivity contribution >= 4 is 16.9 Å². The van der Waals surface area contributed by atoms with E-state index in [0.29, 0.717) is 18.7 Å². The third-order valence-corrected chi connectivity index (χ3v) is 3.50. The van der Waals surface area contributed by atoms with Crippen LogP contribution in [0.5, 0.6) is 5.75 Å². The molecule has 2 aromatic carbocycles. The number of nitrogens with one attached hydrogen (secondary N) is 3. The highest BCUT2D eigenvalue weighted by Crippen LogP contribution is 2.11. The molecule has 1 amide bonds. The highest BCUT2D eigenvalue weighted by atomic mass is 19.1. The fourth-order valence-corrected chi connectivity index (χ4v) is 2.31. The van der Waals surface area contributed by atoms with Crippen molar-refractivity contribution in [2.45, 2.75) is 6.42 Å². The molecule has 1 aromatic heterocycles. The summed E-state index contributed by atoms with van der Waals surface area (Å²) in [5, 5.41) is 2.75. The van der Waals surface area contributed by atoms with Gasteiger partial charge in [0.1, 0.15) is 11.6 Å². The number of imidazole rings is 1. The van der Waals surface area contributed by atoms with Crippen molar-refractivity contribution in [3.05, 3.63) is 64.3 Å². The van der Waals surface area contributed by atoms with Crippen molar-refractivity contribution < 1.29 is 13.9 Å². The maximum Gasteiger partial charge on any atom is 0.323 e. The predicted molar refractivity (Wildman–Crippen MR) is 87.5 cm³/mol. The Balaban J connectivity index is 1.45. The second kappa shape index (κ2) is 6.99. The molecule has 0 radical (unpaired) electrons. The van der Waals surface area contributed by atoms with Gasteiger partial charge in [0, 0.05) is 6.54 Å². The summed E-state index contributed by atoms with van der Waals surface area (Å²) in [7, 11) is 0. The molecule has 0 atom stereocenters. The van der Waals surface area contributed by atoms with Gasteiger partial charge in [0.15, 0.2) is 6.61 Å². The lowest BCUT2D eigenvalue weighted by Crippen LogP contribution is -2.30. The summed E-state index contributed by atoms with van der Waals surface area (Å²) >= 11 is 0. The lowest BCUT2D eigenvalue weighted by Gasteiger charge is -2.07. The molecule has 3 aromatic rings. The Morgan fingerprint density at radius 2 is 1.83 bits per heavy atom. The van der Waals surface area contributed by atoms with Gasteiger partial charge >= 0.3 is 5.69 Å². The lowest BCUT2D eigenvalue weighted by atomic mass is 10.1. The van der Waals surface area contributed by atoms with Gasteiger partial charge in [-0.05, 0) is 48.4 Å². The van der Waals surface area contributed by atoms with Crippen LogP contribution in [0, 0.1) is 5.82 Å². The number of carbonyl (C=O) groups excluding carboxylic acids is 1. The molecule has 0 bridgehead atoms. The Labute approximate surface area is 136 Å². The fourth-order valence-electron chi connectivity index (χ4n) is 2.31. The third-order valence-electron chi connectivity index (χ3n) is 3.50. The quantitative estimate of drug-likeness (QED) is 0.644. The normalized spacial score (nSPS) is 10.7. The highest BCUT2D eigenvalue weighted by molar-refractivity contribution is 5.77. The largest absolute Gasteiger partial charge is 0.484 e. The zero-order valence-electron chi connectivity index (χ0n) is 12.8. The van der Waals surface area contributed by atoms with Crippen LogP contribution in [0.15, 0.2) is 47.3 Å². The van der Waals surface area contributed by atoms with Crippen molar-refractivity contribution in [1.29, 1.82) is 0 Å². The first kappa shape index (κ1) is 15.8. The van der Waals surface area contributed by atoms with Crippen LogP contribution in [0.4, 0.5) is 4.39 Å². The van der Waals surface area contributed by atoms with Gasteiger partial charge in [-0.3, -0.25) is 4.79 Å². The summed E-state index contributed by atoms with van der Waals surface area (Å²) in [4.78, 5) is 28.3. The molecule has 0 saturated carbocycles. The van der Waals surface area contributed by atoms with Crippen LogP contribution >= 0.6 is 0 Å². The van der Waals surface area contributed by atoms with Gasteiger partial charge in [-0.15, -0.1) is 0 Å². The van der Waals surface area contributed by atoms with Gasteiger partial charge in [0.2, 0.25) is 0 Å². The van der Waals surface area contributed by atoms with Crippen molar-refractivity contribution in [2.75, 3.05) is 13.2 Å². The number of H-pyrrole nitrogens is 2. The molecule has 0 fully saturated rings. The van der Waals surface area contributed by atoms with Gasteiger partial charge in [0.25, 0.3) is 5.91 Å². The van der Waals surface area contributed by atoms with E-state index >= 15 is 0 Å². The minimum atomic E-state index is -0.354. The molecule has 0 aliphatic heterocycles. The number of halogens is 1. The molecule has 3 rings (SSSR count). The average molecular weight is 329 g/mol. The Bertz CT molecular complexity index is 899. The minimum Gasteiger partial charge on any atom is -0.484 e. The van der Waals surface area contributed by atoms with Crippen LogP contribution in [0.1, 0.15) is 5.56 Å². The predicted octanol–water partition coefficient (Wildman–Crippen LogP) is 1.73. The molecule has 24 heavy (non-hydrogen) atoms. The van der Waals surface area contributed by atoms with Crippen LogP contribution in [0.3, 0.4) is 0 Å². The summed E-state index contributed by atoms with van der Waals surface area (Å²) in [6.45, 7) is 0.321. The molecule has 0 spiro atoms. The van der Waals surface area contributed by atoms with Gasteiger partial charge in [0.05, 0.1) is 11.0 Å². The molecule has 7 heteroatoms. The number of fused-ring (bicyclic) bond motifs is 1. The molecular weight excluding hydrogens is 313 g/mol. The van der Waals surface area contributed by atoms with Gasteiger partial charge in [-0.1, -0.05) is 6.07 Å². The van der Waals surface area contributed by atoms with Gasteiger partial charge < -0.3 is 20.0 Å². The summed E-state index contributed by atoms with van der Waals surface area (Å²) in [6, 6.07) is 11.1. The van der Waals surface area contributed by atoms with E-state index < -0.39 is 0 Å². The number of aromatic amines is 2. The number of hydrogen-bond acceptors (Lipinski definition) is 3. The van der Waals surface area contributed by atoms with Crippen LogP contribution in [0.25, 0.3) is 11.0 Å². The summed E-state index contributed by atoms with van der Waals surface area (Å²) in [6.07, 6.45) is 0.630. The first-order valence-corrected chi connectivity index (χ1v) is 7.46. The van der Waals surface area contributed by atoms with Gasteiger partial charge in [-0.25, -0.2) is 9.18 Å². The fraction of sp³-hybridized carbons (Fsp3) is 0.176. The molecular formula is C17H16FN3O3. The van der Waals surface area contributed by atoms with E-state index in [0.717, 1.165) is 16.6 Å². The number of amides is 1. The third kappa shape index (κ3) is 4.01. The zero-order valence-corrected chi connectivity index (χ0v) is 12.8. The number of ether oxygens (including phenoxy) is 1. The second-order valence-corrected chi connectivity index (χ2v) is 5.30. The number of rotatable bonds is 6.